The van der Waals surface area contributed by atoms with E-state index in [-0.39, 0.29) is 23.4 Å². The van der Waals surface area contributed by atoms with E-state index in [1.54, 1.807) is 0 Å². The van der Waals surface area contributed by atoms with Crippen molar-refractivity contribution in [2.24, 2.45) is 5.92 Å². The van der Waals surface area contributed by atoms with Gasteiger partial charge >= 0.3 is 5.69 Å². The molecule has 1 aromatic rings. The van der Waals surface area contributed by atoms with Crippen LogP contribution in [0.5, 0.6) is 5.88 Å². The van der Waals surface area contributed by atoms with Crippen LogP contribution < -0.4 is 10.1 Å². The Morgan fingerprint density at radius 3 is 2.80 bits per heavy atom. The Bertz CT molecular complexity index is 477. The summed E-state index contributed by atoms with van der Waals surface area (Å²) in [4.78, 5) is 18.3. The van der Waals surface area contributed by atoms with Gasteiger partial charge in [-0.15, -0.1) is 0 Å². The van der Waals surface area contributed by atoms with Gasteiger partial charge in [-0.1, -0.05) is 0 Å². The van der Waals surface area contributed by atoms with E-state index >= 15 is 0 Å². The van der Waals surface area contributed by atoms with Gasteiger partial charge in [-0.3, -0.25) is 10.1 Å². The Hall–Kier alpha value is -1.96. The van der Waals surface area contributed by atoms with Crippen LogP contribution in [0.1, 0.15) is 19.8 Å². The molecule has 1 N–H and O–H groups in total. The molecular formula is C12H18N4O4. The molecule has 1 atom stereocenters. The molecule has 0 bridgehead atoms. The van der Waals surface area contributed by atoms with Crippen LogP contribution in [0.15, 0.2) is 6.33 Å². The summed E-state index contributed by atoms with van der Waals surface area (Å²) in [6, 6.07) is 0.0669. The molecule has 1 unspecified atom stereocenters. The van der Waals surface area contributed by atoms with E-state index in [0.29, 0.717) is 5.92 Å². The number of ether oxygens (including phenoxy) is 2. The van der Waals surface area contributed by atoms with Crippen molar-refractivity contribution in [1.82, 2.24) is 9.97 Å². The largest absolute Gasteiger partial charge is 0.476 e. The molecule has 0 saturated carbocycles. The first-order valence-electron chi connectivity index (χ1n) is 6.51. The lowest BCUT2D eigenvalue weighted by Crippen LogP contribution is -2.31. The molecule has 1 aliphatic rings. The Kier molecular flexibility index (Phi) is 4.67. The van der Waals surface area contributed by atoms with Crippen LogP contribution >= 0.6 is 0 Å². The maximum Gasteiger partial charge on any atom is 0.372 e. The topological polar surface area (TPSA) is 99.4 Å². The fourth-order valence-electron chi connectivity index (χ4n) is 2.33. The molecule has 1 saturated heterocycles. The number of nitro groups is 1. The Morgan fingerprint density at radius 1 is 1.50 bits per heavy atom. The average Bonchev–Trinajstić information content (AvgIpc) is 2.47. The van der Waals surface area contributed by atoms with Crippen molar-refractivity contribution >= 4 is 11.5 Å². The molecule has 1 fully saturated rings. The van der Waals surface area contributed by atoms with E-state index in [2.05, 4.69) is 15.3 Å². The van der Waals surface area contributed by atoms with E-state index < -0.39 is 4.92 Å². The van der Waals surface area contributed by atoms with Gasteiger partial charge in [0.15, 0.2) is 0 Å². The summed E-state index contributed by atoms with van der Waals surface area (Å²) in [6.07, 6.45) is 3.12. The van der Waals surface area contributed by atoms with Crippen LogP contribution in [0.2, 0.25) is 0 Å². The van der Waals surface area contributed by atoms with Crippen molar-refractivity contribution in [1.29, 1.82) is 0 Å². The molecule has 0 aromatic carbocycles. The van der Waals surface area contributed by atoms with E-state index in [1.807, 2.05) is 6.92 Å². The smallest absolute Gasteiger partial charge is 0.372 e. The lowest BCUT2D eigenvalue weighted by molar-refractivity contribution is -0.385. The highest BCUT2D eigenvalue weighted by molar-refractivity contribution is 5.61. The van der Waals surface area contributed by atoms with Gasteiger partial charge < -0.3 is 14.8 Å². The van der Waals surface area contributed by atoms with Crippen molar-refractivity contribution in [2.75, 3.05) is 25.6 Å². The summed E-state index contributed by atoms with van der Waals surface area (Å²) in [5, 5.41) is 14.3. The fraction of sp³-hybridized carbons (Fsp3) is 0.667. The van der Waals surface area contributed by atoms with Gasteiger partial charge in [0.25, 0.3) is 5.88 Å². The van der Waals surface area contributed by atoms with Gasteiger partial charge in [-0.2, -0.15) is 4.98 Å². The zero-order valence-corrected chi connectivity index (χ0v) is 11.5. The van der Waals surface area contributed by atoms with Crippen molar-refractivity contribution in [3.8, 4) is 5.88 Å². The van der Waals surface area contributed by atoms with E-state index in [1.165, 1.54) is 13.4 Å². The summed E-state index contributed by atoms with van der Waals surface area (Å²) >= 11 is 0. The highest BCUT2D eigenvalue weighted by atomic mass is 16.6. The lowest BCUT2D eigenvalue weighted by atomic mass is 9.93. The minimum atomic E-state index is -0.530. The van der Waals surface area contributed by atoms with Crippen molar-refractivity contribution in [3.05, 3.63) is 16.4 Å². The minimum Gasteiger partial charge on any atom is -0.476 e. The number of anilines is 1. The van der Waals surface area contributed by atoms with Gasteiger partial charge in [0.1, 0.15) is 6.33 Å². The molecule has 20 heavy (non-hydrogen) atoms. The first-order valence-corrected chi connectivity index (χ1v) is 6.51. The molecule has 2 heterocycles. The van der Waals surface area contributed by atoms with Crippen molar-refractivity contribution in [3.63, 3.8) is 0 Å². The summed E-state index contributed by atoms with van der Waals surface area (Å²) in [6.45, 7) is 3.45. The number of nitrogens with one attached hydrogen (secondary N) is 1. The third kappa shape index (κ3) is 3.13. The number of nitrogens with zero attached hydrogens (tertiary/aromatic N) is 3. The summed E-state index contributed by atoms with van der Waals surface area (Å²) in [7, 11) is 1.35. The maximum absolute atomic E-state index is 11.1. The van der Waals surface area contributed by atoms with Crippen LogP contribution in [-0.2, 0) is 4.74 Å². The summed E-state index contributed by atoms with van der Waals surface area (Å²) in [5.74, 6) is 0.567. The summed E-state index contributed by atoms with van der Waals surface area (Å²) in [5.41, 5.74) is -0.228. The van der Waals surface area contributed by atoms with Crippen LogP contribution in [0.25, 0.3) is 0 Å². The van der Waals surface area contributed by atoms with E-state index in [9.17, 15) is 10.1 Å². The fourth-order valence-corrected chi connectivity index (χ4v) is 2.33. The second-order valence-electron chi connectivity index (χ2n) is 4.72. The highest BCUT2D eigenvalue weighted by Gasteiger charge is 2.27. The predicted octanol–water partition coefficient (Wildman–Crippen LogP) is 1.62. The van der Waals surface area contributed by atoms with Crippen LogP contribution in [-0.4, -0.2) is 41.3 Å². The molecule has 2 rings (SSSR count). The van der Waals surface area contributed by atoms with Gasteiger partial charge in [0.2, 0.25) is 5.82 Å². The zero-order chi connectivity index (χ0) is 14.5. The number of aromatic nitrogens is 2. The van der Waals surface area contributed by atoms with Crippen LogP contribution in [0.4, 0.5) is 11.5 Å². The quantitative estimate of drug-likeness (QED) is 0.647. The molecule has 8 nitrogen and oxygen atoms in total. The standard InChI is InChI=1S/C12H18N4O4/c1-8(9-3-5-20-6-4-9)15-11-10(16(17)18)12(19-2)14-7-13-11/h7-9H,3-6H2,1-2H3,(H,13,14,15). The molecule has 1 aromatic heterocycles. The highest BCUT2D eigenvalue weighted by Crippen LogP contribution is 2.32. The molecule has 110 valence electrons. The average molecular weight is 282 g/mol. The van der Waals surface area contributed by atoms with Crippen molar-refractivity contribution in [2.45, 2.75) is 25.8 Å². The Labute approximate surface area is 116 Å². The predicted molar refractivity (Wildman–Crippen MR) is 71.9 cm³/mol. The van der Waals surface area contributed by atoms with Crippen LogP contribution in [0, 0.1) is 16.0 Å². The molecule has 8 heteroatoms. The summed E-state index contributed by atoms with van der Waals surface area (Å²) < 4.78 is 10.2. The monoisotopic (exact) mass is 282 g/mol. The normalized spacial score (nSPS) is 17.5. The molecular weight excluding hydrogens is 264 g/mol. The second-order valence-corrected chi connectivity index (χ2v) is 4.72. The number of hydrogen-bond donors (Lipinski definition) is 1. The maximum atomic E-state index is 11.1. The van der Waals surface area contributed by atoms with Crippen molar-refractivity contribution < 1.29 is 14.4 Å². The first-order chi connectivity index (χ1) is 9.63. The molecule has 0 amide bonds. The Morgan fingerprint density at radius 2 is 2.20 bits per heavy atom. The molecule has 0 spiro atoms. The van der Waals surface area contributed by atoms with Gasteiger partial charge in [-0.25, -0.2) is 4.98 Å². The molecule has 0 radical (unpaired) electrons. The van der Waals surface area contributed by atoms with Crippen LogP contribution in [0.3, 0.4) is 0 Å². The first kappa shape index (κ1) is 14.4. The SMILES string of the molecule is COc1ncnc(NC(C)C2CCOCC2)c1[N+](=O)[O-]. The molecule has 1 aliphatic heterocycles. The third-order valence-corrected chi connectivity index (χ3v) is 3.50. The number of rotatable bonds is 5. The van der Waals surface area contributed by atoms with Gasteiger partial charge in [-0.05, 0) is 25.7 Å². The minimum absolute atomic E-state index is 0.0355. The molecule has 0 aliphatic carbocycles. The van der Waals surface area contributed by atoms with E-state index in [0.717, 1.165) is 26.1 Å². The number of methoxy groups -OCH3 is 1. The third-order valence-electron chi connectivity index (χ3n) is 3.50. The zero-order valence-electron chi connectivity index (χ0n) is 11.5. The van der Waals surface area contributed by atoms with Gasteiger partial charge in [0.05, 0.1) is 12.0 Å². The second kappa shape index (κ2) is 6.47. The van der Waals surface area contributed by atoms with Gasteiger partial charge in [0, 0.05) is 19.3 Å². The number of hydrogen-bond acceptors (Lipinski definition) is 7. The lowest BCUT2D eigenvalue weighted by Gasteiger charge is -2.28. The van der Waals surface area contributed by atoms with E-state index in [4.69, 9.17) is 9.47 Å². The Balaban J connectivity index is 2.17.